The Morgan fingerprint density at radius 2 is 1.77 bits per heavy atom. The molecule has 0 unspecified atom stereocenters. The fourth-order valence-electron chi connectivity index (χ4n) is 0.698. The zero-order chi connectivity index (χ0) is 9.90. The molecule has 3 nitrogen and oxygen atoms in total. The first kappa shape index (κ1) is 9.86. The quantitative estimate of drug-likeness (QED) is 0.564. The van der Waals surface area contributed by atoms with E-state index in [1.165, 1.54) is 0 Å². The molecular formula is C10H14O3. The predicted molar refractivity (Wildman–Crippen MR) is 49.6 cm³/mol. The van der Waals surface area contributed by atoms with Crippen LogP contribution in [0.25, 0.3) is 0 Å². The van der Waals surface area contributed by atoms with Gasteiger partial charge in [0, 0.05) is 0 Å². The molecule has 1 aromatic rings. The molecular weight excluding hydrogens is 168 g/mol. The number of benzene rings is 1. The van der Waals surface area contributed by atoms with Crippen LogP contribution in [0.3, 0.4) is 0 Å². The van der Waals surface area contributed by atoms with E-state index in [0.717, 1.165) is 0 Å². The number of rotatable bonds is 2. The average Bonchev–Trinajstić information content (AvgIpc) is 2.01. The maximum Gasteiger partial charge on any atom is 0.206 e. The largest absolute Gasteiger partial charge is 0.504 e. The van der Waals surface area contributed by atoms with Crippen molar-refractivity contribution in [1.29, 1.82) is 0 Å². The molecule has 1 rings (SSSR count). The van der Waals surface area contributed by atoms with Gasteiger partial charge in [0.15, 0.2) is 5.75 Å². The summed E-state index contributed by atoms with van der Waals surface area (Å²) in [5, 5.41) is 9.30. The fraction of sp³-hybridized carbons (Fsp3) is 0.400. The van der Waals surface area contributed by atoms with Crippen LogP contribution < -0.4 is 4.89 Å². The SMILES string of the molecule is CC(C)(C)OOc1ccccc1O. The van der Waals surface area contributed by atoms with Crippen molar-refractivity contribution in [1.82, 2.24) is 0 Å². The second kappa shape index (κ2) is 3.66. The van der Waals surface area contributed by atoms with Crippen LogP contribution in [0.5, 0.6) is 11.5 Å². The molecule has 0 fully saturated rings. The van der Waals surface area contributed by atoms with E-state index in [2.05, 4.69) is 0 Å². The van der Waals surface area contributed by atoms with Crippen molar-refractivity contribution < 1.29 is 14.9 Å². The molecule has 0 bridgehead atoms. The lowest BCUT2D eigenvalue weighted by molar-refractivity contribution is -0.275. The topological polar surface area (TPSA) is 38.7 Å². The summed E-state index contributed by atoms with van der Waals surface area (Å²) in [6, 6.07) is 6.67. The van der Waals surface area contributed by atoms with Crippen molar-refractivity contribution in [3.8, 4) is 11.5 Å². The number of aromatic hydroxyl groups is 1. The van der Waals surface area contributed by atoms with E-state index in [4.69, 9.17) is 9.78 Å². The molecule has 3 heteroatoms. The smallest absolute Gasteiger partial charge is 0.206 e. The summed E-state index contributed by atoms with van der Waals surface area (Å²) in [6.45, 7) is 5.60. The zero-order valence-corrected chi connectivity index (χ0v) is 8.07. The van der Waals surface area contributed by atoms with Crippen LogP contribution in [0.4, 0.5) is 0 Å². The van der Waals surface area contributed by atoms with Gasteiger partial charge in [-0.05, 0) is 32.9 Å². The minimum atomic E-state index is -0.387. The summed E-state index contributed by atoms with van der Waals surface area (Å²) in [5.74, 6) is 0.407. The van der Waals surface area contributed by atoms with Crippen LogP contribution in [0.1, 0.15) is 20.8 Å². The van der Waals surface area contributed by atoms with Crippen LogP contribution in [0.2, 0.25) is 0 Å². The molecule has 0 aliphatic heterocycles. The summed E-state index contributed by atoms with van der Waals surface area (Å²) in [5.41, 5.74) is -0.387. The number of hydrogen-bond donors (Lipinski definition) is 1. The molecule has 1 aromatic carbocycles. The van der Waals surface area contributed by atoms with Crippen LogP contribution in [-0.2, 0) is 4.89 Å². The molecule has 0 spiro atoms. The van der Waals surface area contributed by atoms with Crippen LogP contribution in [0.15, 0.2) is 24.3 Å². The summed E-state index contributed by atoms with van der Waals surface area (Å²) in [4.78, 5) is 9.99. The predicted octanol–water partition coefficient (Wildman–Crippen LogP) is 2.50. The Kier molecular flexibility index (Phi) is 2.78. The molecule has 13 heavy (non-hydrogen) atoms. The van der Waals surface area contributed by atoms with Crippen LogP contribution in [0, 0.1) is 0 Å². The Morgan fingerprint density at radius 3 is 2.31 bits per heavy atom. The zero-order valence-electron chi connectivity index (χ0n) is 8.07. The first-order valence-electron chi connectivity index (χ1n) is 4.13. The highest BCUT2D eigenvalue weighted by atomic mass is 17.2. The van der Waals surface area contributed by atoms with Gasteiger partial charge >= 0.3 is 0 Å². The van der Waals surface area contributed by atoms with Crippen molar-refractivity contribution in [3.05, 3.63) is 24.3 Å². The third-order valence-corrected chi connectivity index (χ3v) is 1.25. The molecule has 1 N–H and O–H groups in total. The third kappa shape index (κ3) is 3.34. The Balaban J connectivity index is 2.60. The minimum absolute atomic E-state index is 0.0757. The second-order valence-electron chi connectivity index (χ2n) is 3.75. The van der Waals surface area contributed by atoms with Gasteiger partial charge in [0.05, 0.1) is 0 Å². The molecule has 0 aromatic heterocycles. The van der Waals surface area contributed by atoms with Gasteiger partial charge in [-0.15, -0.1) is 0 Å². The van der Waals surface area contributed by atoms with Gasteiger partial charge in [0.25, 0.3) is 0 Å². The van der Waals surface area contributed by atoms with E-state index >= 15 is 0 Å². The van der Waals surface area contributed by atoms with E-state index in [-0.39, 0.29) is 11.4 Å². The first-order chi connectivity index (χ1) is 5.99. The molecule has 0 saturated carbocycles. The van der Waals surface area contributed by atoms with Crippen molar-refractivity contribution >= 4 is 0 Å². The molecule has 0 saturated heterocycles. The van der Waals surface area contributed by atoms with E-state index in [9.17, 15) is 5.11 Å². The average molecular weight is 182 g/mol. The molecule has 72 valence electrons. The highest BCUT2D eigenvalue weighted by molar-refractivity contribution is 5.37. The van der Waals surface area contributed by atoms with E-state index in [0.29, 0.717) is 5.75 Å². The Bertz CT molecular complexity index is 276. The van der Waals surface area contributed by atoms with Gasteiger partial charge < -0.3 is 9.99 Å². The highest BCUT2D eigenvalue weighted by Crippen LogP contribution is 2.25. The summed E-state index contributed by atoms with van der Waals surface area (Å²) in [6.07, 6.45) is 0. The fourth-order valence-corrected chi connectivity index (χ4v) is 0.698. The van der Waals surface area contributed by atoms with Gasteiger partial charge in [-0.1, -0.05) is 12.1 Å². The van der Waals surface area contributed by atoms with Crippen LogP contribution >= 0.6 is 0 Å². The van der Waals surface area contributed by atoms with Gasteiger partial charge in [-0.25, -0.2) is 0 Å². The van der Waals surface area contributed by atoms with Crippen molar-refractivity contribution in [2.75, 3.05) is 0 Å². The second-order valence-corrected chi connectivity index (χ2v) is 3.75. The monoisotopic (exact) mass is 182 g/mol. The summed E-state index contributed by atoms with van der Waals surface area (Å²) < 4.78 is 0. The van der Waals surface area contributed by atoms with Gasteiger partial charge in [-0.3, -0.25) is 0 Å². The maximum absolute atomic E-state index is 9.30. The molecule has 0 heterocycles. The van der Waals surface area contributed by atoms with Gasteiger partial charge in [0.1, 0.15) is 5.60 Å². The van der Waals surface area contributed by atoms with E-state index in [1.807, 2.05) is 20.8 Å². The van der Waals surface area contributed by atoms with E-state index in [1.54, 1.807) is 24.3 Å². The van der Waals surface area contributed by atoms with Crippen LogP contribution in [-0.4, -0.2) is 10.7 Å². The number of phenolic OH excluding ortho intramolecular Hbond substituents is 1. The molecule has 0 atom stereocenters. The highest BCUT2D eigenvalue weighted by Gasteiger charge is 2.13. The van der Waals surface area contributed by atoms with Crippen molar-refractivity contribution in [2.45, 2.75) is 26.4 Å². The molecule has 0 amide bonds. The molecule has 0 radical (unpaired) electrons. The summed E-state index contributed by atoms with van der Waals surface area (Å²) in [7, 11) is 0. The number of hydrogen-bond acceptors (Lipinski definition) is 3. The lowest BCUT2D eigenvalue weighted by atomic mass is 10.2. The Hall–Kier alpha value is -1.22. The Morgan fingerprint density at radius 1 is 1.15 bits per heavy atom. The van der Waals surface area contributed by atoms with Crippen molar-refractivity contribution in [3.63, 3.8) is 0 Å². The van der Waals surface area contributed by atoms with Crippen molar-refractivity contribution in [2.24, 2.45) is 0 Å². The third-order valence-electron chi connectivity index (χ3n) is 1.25. The number of para-hydroxylation sites is 2. The lowest BCUT2D eigenvalue weighted by Crippen LogP contribution is -2.21. The number of phenols is 1. The molecule has 0 aliphatic carbocycles. The Labute approximate surface area is 77.8 Å². The molecule has 0 aliphatic rings. The maximum atomic E-state index is 9.30. The minimum Gasteiger partial charge on any atom is -0.504 e. The van der Waals surface area contributed by atoms with E-state index < -0.39 is 0 Å². The summed E-state index contributed by atoms with van der Waals surface area (Å²) >= 11 is 0. The van der Waals surface area contributed by atoms with Gasteiger partial charge in [0.2, 0.25) is 5.75 Å². The standard InChI is InChI=1S/C10H14O3/c1-10(2,3)13-12-9-7-5-4-6-8(9)11/h4-7,11H,1-3H3. The first-order valence-corrected chi connectivity index (χ1v) is 4.13. The van der Waals surface area contributed by atoms with Gasteiger partial charge in [-0.2, -0.15) is 4.89 Å². The normalized spacial score (nSPS) is 11.3. The lowest BCUT2D eigenvalue weighted by Gasteiger charge is -2.17.